The average molecular weight is 326 g/mol. The minimum absolute atomic E-state index is 0.0147. The molecule has 1 heterocycles. The summed E-state index contributed by atoms with van der Waals surface area (Å²) in [6, 6.07) is 10.7. The third-order valence-electron chi connectivity index (χ3n) is 3.21. The molecule has 0 aliphatic carbocycles. The number of hydrogen-bond donors (Lipinski definition) is 3. The van der Waals surface area contributed by atoms with Crippen molar-refractivity contribution in [1.29, 1.82) is 0 Å². The van der Waals surface area contributed by atoms with Crippen LogP contribution in [-0.4, -0.2) is 26.4 Å². The molecule has 9 heteroatoms. The average Bonchev–Trinajstić information content (AvgIpc) is 2.79. The topological polar surface area (TPSA) is 121 Å². The van der Waals surface area contributed by atoms with Crippen molar-refractivity contribution >= 4 is 45.6 Å². The first-order chi connectivity index (χ1) is 10.8. The van der Waals surface area contributed by atoms with Crippen molar-refractivity contribution in [1.82, 2.24) is 4.98 Å². The number of nitrogens with two attached hydrogens (primary N) is 1. The lowest BCUT2D eigenvalue weighted by Crippen LogP contribution is -2.11. The summed E-state index contributed by atoms with van der Waals surface area (Å²) in [4.78, 5) is 2.76. The number of nitrogens with zero attached hydrogens (tertiary/aromatic N) is 2. The van der Waals surface area contributed by atoms with E-state index < -0.39 is 10.0 Å². The predicted molar refractivity (Wildman–Crippen MR) is 87.3 cm³/mol. The molecule has 0 aliphatic rings. The van der Waals surface area contributed by atoms with Crippen molar-refractivity contribution in [3.63, 3.8) is 0 Å². The predicted octanol–water partition coefficient (Wildman–Crippen LogP) is 1.73. The fraction of sp³-hybridized carbons (Fsp3) is 0. The first-order valence-electron chi connectivity index (χ1n) is 6.49. The molecule has 0 aliphatic heterocycles. The van der Waals surface area contributed by atoms with Crippen LogP contribution >= 0.6 is 0 Å². The SMILES string of the molecule is [B]c1ccc2[nH]c(O)c(N=Nc3ccc(S(N)(=O)=O)cc3)c2c1. The zero-order valence-corrected chi connectivity index (χ0v) is 12.6. The van der Waals surface area contributed by atoms with Gasteiger partial charge in [-0.15, -0.1) is 5.11 Å². The van der Waals surface area contributed by atoms with Crippen LogP contribution in [-0.2, 0) is 10.0 Å². The van der Waals surface area contributed by atoms with Crippen LogP contribution in [0.3, 0.4) is 0 Å². The molecular formula is C14H11BN4O3S. The number of azo groups is 1. The Morgan fingerprint density at radius 3 is 2.43 bits per heavy atom. The largest absolute Gasteiger partial charge is 0.493 e. The van der Waals surface area contributed by atoms with Gasteiger partial charge < -0.3 is 10.1 Å². The molecular weight excluding hydrogens is 315 g/mol. The van der Waals surface area contributed by atoms with Crippen molar-refractivity contribution in [2.24, 2.45) is 15.4 Å². The van der Waals surface area contributed by atoms with E-state index in [1.165, 1.54) is 24.3 Å². The monoisotopic (exact) mass is 326 g/mol. The molecule has 0 fully saturated rings. The van der Waals surface area contributed by atoms with E-state index in [1.54, 1.807) is 18.2 Å². The maximum Gasteiger partial charge on any atom is 0.238 e. The van der Waals surface area contributed by atoms with Crippen LogP contribution in [0.15, 0.2) is 57.6 Å². The zero-order chi connectivity index (χ0) is 16.6. The van der Waals surface area contributed by atoms with Crippen LogP contribution in [0, 0.1) is 0 Å². The standard InChI is InChI=1S/C14H11BN4O3S/c15-8-1-6-12-11(7-8)13(14(20)17-12)19-18-9-2-4-10(5-3-9)23(16,21)22/h1-7,17,20H,(H2,16,21,22). The molecule has 3 rings (SSSR count). The maximum absolute atomic E-state index is 11.2. The van der Waals surface area contributed by atoms with Crippen LogP contribution < -0.4 is 10.6 Å². The molecule has 4 N–H and O–H groups in total. The van der Waals surface area contributed by atoms with Gasteiger partial charge in [0.2, 0.25) is 15.9 Å². The van der Waals surface area contributed by atoms with E-state index in [9.17, 15) is 13.5 Å². The number of hydrogen-bond acceptors (Lipinski definition) is 5. The second-order valence-corrected chi connectivity index (χ2v) is 6.43. The van der Waals surface area contributed by atoms with Gasteiger partial charge in [-0.05, 0) is 30.3 Å². The molecule has 2 aromatic carbocycles. The number of primary sulfonamides is 1. The molecule has 0 unspecified atom stereocenters. The Kier molecular flexibility index (Phi) is 3.67. The maximum atomic E-state index is 11.2. The van der Waals surface area contributed by atoms with E-state index >= 15 is 0 Å². The molecule has 1 aromatic heterocycles. The minimum atomic E-state index is -3.75. The first kappa shape index (κ1) is 15.3. The molecule has 0 atom stereocenters. The van der Waals surface area contributed by atoms with Gasteiger partial charge in [0.1, 0.15) is 7.85 Å². The molecule has 7 nitrogen and oxygen atoms in total. The van der Waals surface area contributed by atoms with Gasteiger partial charge in [0.05, 0.1) is 16.1 Å². The number of aromatic nitrogens is 1. The van der Waals surface area contributed by atoms with Crippen molar-refractivity contribution in [3.8, 4) is 5.88 Å². The molecule has 3 aromatic rings. The normalized spacial score (nSPS) is 12.2. The van der Waals surface area contributed by atoms with Crippen LogP contribution in [0.2, 0.25) is 0 Å². The summed E-state index contributed by atoms with van der Waals surface area (Å²) in [5.74, 6) is -0.129. The van der Waals surface area contributed by atoms with E-state index in [2.05, 4.69) is 15.2 Å². The lowest BCUT2D eigenvalue weighted by molar-refractivity contribution is 0.459. The Morgan fingerprint density at radius 1 is 1.09 bits per heavy atom. The Bertz CT molecular complexity index is 1010. The summed E-state index contributed by atoms with van der Waals surface area (Å²) in [7, 11) is 1.98. The second kappa shape index (κ2) is 5.52. The van der Waals surface area contributed by atoms with Crippen molar-refractivity contribution in [3.05, 3.63) is 42.5 Å². The second-order valence-electron chi connectivity index (χ2n) is 4.87. The summed E-state index contributed by atoms with van der Waals surface area (Å²) < 4.78 is 22.4. The van der Waals surface area contributed by atoms with Gasteiger partial charge in [-0.3, -0.25) is 0 Å². The van der Waals surface area contributed by atoms with E-state index in [0.29, 0.717) is 22.1 Å². The van der Waals surface area contributed by atoms with E-state index in [-0.39, 0.29) is 16.5 Å². The molecule has 0 amide bonds. The lowest BCUT2D eigenvalue weighted by Gasteiger charge is -1.98. The number of rotatable bonds is 3. The Hall–Kier alpha value is -2.65. The van der Waals surface area contributed by atoms with Crippen LogP contribution in [0.4, 0.5) is 11.4 Å². The summed E-state index contributed by atoms with van der Waals surface area (Å²) in [5, 5.41) is 23.5. The van der Waals surface area contributed by atoms with Gasteiger partial charge in [-0.25, -0.2) is 13.6 Å². The van der Waals surface area contributed by atoms with Crippen LogP contribution in [0.25, 0.3) is 10.9 Å². The van der Waals surface area contributed by atoms with Gasteiger partial charge in [0.15, 0.2) is 5.69 Å². The number of aromatic amines is 1. The number of H-pyrrole nitrogens is 1. The molecule has 114 valence electrons. The van der Waals surface area contributed by atoms with Gasteiger partial charge in [-0.2, -0.15) is 5.11 Å². The fourth-order valence-corrected chi connectivity index (χ4v) is 2.61. The number of sulfonamides is 1. The van der Waals surface area contributed by atoms with Gasteiger partial charge in [-0.1, -0.05) is 17.6 Å². The van der Waals surface area contributed by atoms with Gasteiger partial charge >= 0.3 is 0 Å². The van der Waals surface area contributed by atoms with Gasteiger partial charge in [0.25, 0.3) is 0 Å². The minimum Gasteiger partial charge on any atom is -0.493 e. The first-order valence-corrected chi connectivity index (χ1v) is 8.04. The molecule has 2 radical (unpaired) electrons. The highest BCUT2D eigenvalue weighted by molar-refractivity contribution is 7.89. The highest BCUT2D eigenvalue weighted by Crippen LogP contribution is 2.35. The van der Waals surface area contributed by atoms with E-state index in [1.807, 2.05) is 0 Å². The van der Waals surface area contributed by atoms with Crippen LogP contribution in [0.1, 0.15) is 0 Å². The third-order valence-corrected chi connectivity index (χ3v) is 4.14. The van der Waals surface area contributed by atoms with Gasteiger partial charge in [0, 0.05) is 5.39 Å². The number of fused-ring (bicyclic) bond motifs is 1. The molecule has 0 saturated heterocycles. The number of nitrogens with one attached hydrogen (secondary N) is 1. The van der Waals surface area contributed by atoms with Crippen molar-refractivity contribution < 1.29 is 13.5 Å². The molecule has 0 spiro atoms. The van der Waals surface area contributed by atoms with Crippen molar-refractivity contribution in [2.75, 3.05) is 0 Å². The molecule has 0 bridgehead atoms. The summed E-state index contributed by atoms with van der Waals surface area (Å²) in [6.45, 7) is 0. The molecule has 0 saturated carbocycles. The smallest absolute Gasteiger partial charge is 0.238 e. The Morgan fingerprint density at radius 2 is 1.78 bits per heavy atom. The molecule has 23 heavy (non-hydrogen) atoms. The van der Waals surface area contributed by atoms with E-state index in [4.69, 9.17) is 13.0 Å². The Labute approximate surface area is 133 Å². The summed E-state index contributed by atoms with van der Waals surface area (Å²) in [6.07, 6.45) is 0. The number of benzene rings is 2. The zero-order valence-electron chi connectivity index (χ0n) is 11.8. The van der Waals surface area contributed by atoms with Crippen LogP contribution in [0.5, 0.6) is 5.88 Å². The Balaban J connectivity index is 1.97. The number of aromatic hydroxyl groups is 1. The summed E-state index contributed by atoms with van der Waals surface area (Å²) in [5.41, 5.74) is 1.87. The quantitative estimate of drug-likeness (QED) is 0.502. The lowest BCUT2D eigenvalue weighted by atomic mass is 9.95. The van der Waals surface area contributed by atoms with Crippen molar-refractivity contribution in [2.45, 2.75) is 4.90 Å². The highest BCUT2D eigenvalue weighted by Gasteiger charge is 2.10. The third kappa shape index (κ3) is 3.10. The van der Waals surface area contributed by atoms with E-state index in [0.717, 1.165) is 0 Å². The highest BCUT2D eigenvalue weighted by atomic mass is 32.2. The fourth-order valence-electron chi connectivity index (χ4n) is 2.09. The summed E-state index contributed by atoms with van der Waals surface area (Å²) >= 11 is 0.